The number of benzene rings is 1. The molecule has 1 heterocycles. The summed E-state index contributed by atoms with van der Waals surface area (Å²) in [5.74, 6) is 0.866. The Hall–Kier alpha value is -1.39. The predicted octanol–water partition coefficient (Wildman–Crippen LogP) is 2.59. The van der Waals surface area contributed by atoms with Crippen LogP contribution in [0, 0.1) is 6.92 Å². The first kappa shape index (κ1) is 11.1. The van der Waals surface area contributed by atoms with E-state index in [0.717, 1.165) is 22.0 Å². The second-order valence-electron chi connectivity index (χ2n) is 3.45. The van der Waals surface area contributed by atoms with Crippen LogP contribution < -0.4 is 10.5 Å². The van der Waals surface area contributed by atoms with Gasteiger partial charge >= 0.3 is 0 Å². The maximum Gasteiger partial charge on any atom is 0.118 e. The van der Waals surface area contributed by atoms with Crippen LogP contribution in [0.1, 0.15) is 10.7 Å². The average molecular weight is 234 g/mol. The average Bonchev–Trinajstić information content (AvgIpc) is 2.71. The summed E-state index contributed by atoms with van der Waals surface area (Å²) in [5, 5.41) is 0.975. The van der Waals surface area contributed by atoms with Gasteiger partial charge in [-0.2, -0.15) is 0 Å². The first-order valence-corrected chi connectivity index (χ1v) is 5.87. The van der Waals surface area contributed by atoms with Crippen LogP contribution in [0.5, 0.6) is 5.75 Å². The molecule has 0 aliphatic rings. The Balaban J connectivity index is 2.38. The molecule has 0 bridgehead atoms. The lowest BCUT2D eigenvalue weighted by Gasteiger charge is -2.01. The molecule has 84 valence electrons. The Labute approximate surface area is 98.9 Å². The minimum Gasteiger partial charge on any atom is -0.497 e. The van der Waals surface area contributed by atoms with Gasteiger partial charge in [0, 0.05) is 6.54 Å². The van der Waals surface area contributed by atoms with Crippen molar-refractivity contribution in [2.24, 2.45) is 5.73 Å². The fourth-order valence-corrected chi connectivity index (χ4v) is 2.50. The Morgan fingerprint density at radius 1 is 1.31 bits per heavy atom. The molecule has 0 fully saturated rings. The van der Waals surface area contributed by atoms with Gasteiger partial charge in [-0.05, 0) is 36.8 Å². The van der Waals surface area contributed by atoms with Crippen LogP contribution in [-0.2, 0) is 6.54 Å². The minimum absolute atomic E-state index is 0.502. The van der Waals surface area contributed by atoms with E-state index in [-0.39, 0.29) is 0 Å². The van der Waals surface area contributed by atoms with Crippen LogP contribution >= 0.6 is 11.3 Å². The van der Waals surface area contributed by atoms with Crippen LogP contribution in [0.3, 0.4) is 0 Å². The molecule has 4 heteroatoms. The second kappa shape index (κ2) is 4.63. The molecule has 16 heavy (non-hydrogen) atoms. The molecular formula is C12H14N2OS. The number of nitrogens with zero attached hydrogens (tertiary/aromatic N) is 1. The summed E-state index contributed by atoms with van der Waals surface area (Å²) in [6.07, 6.45) is 0. The van der Waals surface area contributed by atoms with Crippen molar-refractivity contribution in [3.05, 3.63) is 35.0 Å². The number of aryl methyl sites for hydroxylation is 1. The van der Waals surface area contributed by atoms with Gasteiger partial charge < -0.3 is 10.5 Å². The Kier molecular flexibility index (Phi) is 3.22. The smallest absolute Gasteiger partial charge is 0.118 e. The topological polar surface area (TPSA) is 48.1 Å². The normalized spacial score (nSPS) is 10.4. The van der Waals surface area contributed by atoms with E-state index in [0.29, 0.717) is 6.54 Å². The molecule has 2 rings (SSSR count). The highest BCUT2D eigenvalue weighted by Crippen LogP contribution is 2.30. The van der Waals surface area contributed by atoms with E-state index < -0.39 is 0 Å². The molecule has 0 aliphatic heterocycles. The molecule has 2 N–H and O–H groups in total. The first-order chi connectivity index (χ1) is 7.74. The maximum atomic E-state index is 5.58. The van der Waals surface area contributed by atoms with E-state index in [1.165, 1.54) is 4.88 Å². The van der Waals surface area contributed by atoms with Gasteiger partial charge in [-0.1, -0.05) is 0 Å². The highest BCUT2D eigenvalue weighted by atomic mass is 32.1. The molecule has 1 aromatic carbocycles. The molecule has 0 spiro atoms. The SMILES string of the molecule is COc1ccc(-c2sc(CN)nc2C)cc1. The summed E-state index contributed by atoms with van der Waals surface area (Å²) >= 11 is 1.65. The van der Waals surface area contributed by atoms with Gasteiger partial charge in [-0.25, -0.2) is 4.98 Å². The Morgan fingerprint density at radius 2 is 2.00 bits per heavy atom. The molecule has 0 unspecified atom stereocenters. The van der Waals surface area contributed by atoms with E-state index in [4.69, 9.17) is 10.5 Å². The summed E-state index contributed by atoms with van der Waals surface area (Å²) in [4.78, 5) is 5.59. The van der Waals surface area contributed by atoms with Crippen molar-refractivity contribution in [3.8, 4) is 16.2 Å². The minimum atomic E-state index is 0.502. The number of hydrogen-bond acceptors (Lipinski definition) is 4. The fraction of sp³-hybridized carbons (Fsp3) is 0.250. The van der Waals surface area contributed by atoms with Crippen molar-refractivity contribution >= 4 is 11.3 Å². The third kappa shape index (κ3) is 2.08. The zero-order chi connectivity index (χ0) is 11.5. The van der Waals surface area contributed by atoms with Crippen molar-refractivity contribution < 1.29 is 4.74 Å². The highest BCUT2D eigenvalue weighted by Gasteiger charge is 2.08. The number of aromatic nitrogens is 1. The molecule has 0 aliphatic carbocycles. The van der Waals surface area contributed by atoms with E-state index >= 15 is 0 Å². The van der Waals surface area contributed by atoms with Gasteiger partial charge in [0.05, 0.1) is 17.7 Å². The van der Waals surface area contributed by atoms with Crippen LogP contribution in [0.2, 0.25) is 0 Å². The van der Waals surface area contributed by atoms with Crippen molar-refractivity contribution in [2.75, 3.05) is 7.11 Å². The summed E-state index contributed by atoms with van der Waals surface area (Å²) in [6.45, 7) is 2.51. The van der Waals surface area contributed by atoms with Crippen molar-refractivity contribution in [3.63, 3.8) is 0 Å². The summed E-state index contributed by atoms with van der Waals surface area (Å²) in [6, 6.07) is 7.99. The largest absolute Gasteiger partial charge is 0.497 e. The van der Waals surface area contributed by atoms with Crippen molar-refractivity contribution in [1.82, 2.24) is 4.98 Å². The number of rotatable bonds is 3. The van der Waals surface area contributed by atoms with Gasteiger partial charge in [-0.15, -0.1) is 11.3 Å². The quantitative estimate of drug-likeness (QED) is 0.888. The Morgan fingerprint density at radius 3 is 2.50 bits per heavy atom. The standard InChI is InChI=1S/C12H14N2OS/c1-8-12(16-11(7-13)14-8)9-3-5-10(15-2)6-4-9/h3-6H,7,13H2,1-2H3. The maximum absolute atomic E-state index is 5.58. The molecule has 0 saturated heterocycles. The molecule has 0 radical (unpaired) electrons. The lowest BCUT2D eigenvalue weighted by molar-refractivity contribution is 0.415. The van der Waals surface area contributed by atoms with E-state index in [1.54, 1.807) is 18.4 Å². The second-order valence-corrected chi connectivity index (χ2v) is 4.54. The van der Waals surface area contributed by atoms with Crippen LogP contribution in [0.4, 0.5) is 0 Å². The number of thiazole rings is 1. The Bertz CT molecular complexity index is 476. The molecule has 2 aromatic rings. The van der Waals surface area contributed by atoms with Gasteiger partial charge in [0.15, 0.2) is 0 Å². The zero-order valence-corrected chi connectivity index (χ0v) is 10.2. The molecule has 0 saturated carbocycles. The van der Waals surface area contributed by atoms with Crippen LogP contribution in [0.15, 0.2) is 24.3 Å². The monoisotopic (exact) mass is 234 g/mol. The first-order valence-electron chi connectivity index (χ1n) is 5.05. The number of nitrogens with two attached hydrogens (primary N) is 1. The van der Waals surface area contributed by atoms with E-state index in [1.807, 2.05) is 31.2 Å². The van der Waals surface area contributed by atoms with Crippen LogP contribution in [-0.4, -0.2) is 12.1 Å². The summed E-state index contributed by atoms with van der Waals surface area (Å²) in [5.41, 5.74) is 7.78. The van der Waals surface area contributed by atoms with E-state index in [2.05, 4.69) is 4.98 Å². The van der Waals surface area contributed by atoms with E-state index in [9.17, 15) is 0 Å². The van der Waals surface area contributed by atoms with Crippen molar-refractivity contribution in [2.45, 2.75) is 13.5 Å². The molecule has 3 nitrogen and oxygen atoms in total. The lowest BCUT2D eigenvalue weighted by atomic mass is 10.1. The third-order valence-electron chi connectivity index (χ3n) is 2.37. The number of methoxy groups -OCH3 is 1. The third-order valence-corrected chi connectivity index (χ3v) is 3.60. The van der Waals surface area contributed by atoms with Gasteiger partial charge in [-0.3, -0.25) is 0 Å². The molecular weight excluding hydrogens is 220 g/mol. The van der Waals surface area contributed by atoms with Crippen LogP contribution in [0.25, 0.3) is 10.4 Å². The zero-order valence-electron chi connectivity index (χ0n) is 9.36. The summed E-state index contributed by atoms with van der Waals surface area (Å²) < 4.78 is 5.13. The van der Waals surface area contributed by atoms with Crippen molar-refractivity contribution in [1.29, 1.82) is 0 Å². The van der Waals surface area contributed by atoms with Gasteiger partial charge in [0.1, 0.15) is 10.8 Å². The van der Waals surface area contributed by atoms with Gasteiger partial charge in [0.2, 0.25) is 0 Å². The summed E-state index contributed by atoms with van der Waals surface area (Å²) in [7, 11) is 1.67. The van der Waals surface area contributed by atoms with Gasteiger partial charge in [0.25, 0.3) is 0 Å². The predicted molar refractivity (Wildman–Crippen MR) is 66.7 cm³/mol. The molecule has 1 aromatic heterocycles. The number of hydrogen-bond donors (Lipinski definition) is 1. The molecule has 0 atom stereocenters. The molecule has 0 amide bonds. The lowest BCUT2D eigenvalue weighted by Crippen LogP contribution is -1.94. The number of ether oxygens (including phenoxy) is 1. The fourth-order valence-electron chi connectivity index (χ4n) is 1.55. The highest BCUT2D eigenvalue weighted by molar-refractivity contribution is 7.15.